The van der Waals surface area contributed by atoms with Crippen LogP contribution in [0, 0.1) is 0 Å². The molecule has 0 saturated carbocycles. The van der Waals surface area contributed by atoms with Crippen molar-refractivity contribution < 1.29 is 18.9 Å². The summed E-state index contributed by atoms with van der Waals surface area (Å²) in [6, 6.07) is 8.60. The van der Waals surface area contributed by atoms with Gasteiger partial charge in [0.1, 0.15) is 0 Å². The lowest BCUT2D eigenvalue weighted by Crippen LogP contribution is -2.21. The van der Waals surface area contributed by atoms with E-state index in [2.05, 4.69) is 34.9 Å². The monoisotopic (exact) mass is 398 g/mol. The van der Waals surface area contributed by atoms with Gasteiger partial charge in [-0.05, 0) is 11.1 Å². The van der Waals surface area contributed by atoms with Crippen molar-refractivity contribution >= 4 is 0 Å². The highest BCUT2D eigenvalue weighted by Gasteiger charge is 1.96. The second-order valence-corrected chi connectivity index (χ2v) is 6.20. The summed E-state index contributed by atoms with van der Waals surface area (Å²) < 4.78 is 21.4. The van der Waals surface area contributed by atoms with E-state index in [0.717, 1.165) is 26.2 Å². The van der Waals surface area contributed by atoms with Gasteiger partial charge >= 0.3 is 0 Å². The second kappa shape index (κ2) is 19.2. The van der Waals surface area contributed by atoms with Gasteiger partial charge in [-0.25, -0.2) is 0 Å². The molecule has 0 saturated heterocycles. The van der Waals surface area contributed by atoms with Crippen LogP contribution in [0.2, 0.25) is 0 Å². The van der Waals surface area contributed by atoms with Crippen LogP contribution in [0.1, 0.15) is 11.1 Å². The van der Waals surface area contributed by atoms with Gasteiger partial charge in [-0.2, -0.15) is 0 Å². The Hall–Kier alpha value is -1.10. The molecule has 0 aliphatic rings. The summed E-state index contributed by atoms with van der Waals surface area (Å²) >= 11 is 0. The predicted molar refractivity (Wildman–Crippen MR) is 111 cm³/mol. The van der Waals surface area contributed by atoms with E-state index < -0.39 is 0 Å². The summed E-state index contributed by atoms with van der Waals surface area (Å²) in [7, 11) is 0. The number of hydrogen-bond donors (Lipinski definition) is 4. The molecule has 1 rings (SSSR count). The van der Waals surface area contributed by atoms with E-state index in [1.54, 1.807) is 0 Å². The Bertz CT molecular complexity index is 407. The minimum atomic E-state index is 0.552. The smallest absolute Gasteiger partial charge is 0.0701 e. The van der Waals surface area contributed by atoms with Gasteiger partial charge in [0.2, 0.25) is 0 Å². The Morgan fingerprint density at radius 1 is 0.536 bits per heavy atom. The topological polar surface area (TPSA) is 113 Å². The van der Waals surface area contributed by atoms with Crippen molar-refractivity contribution in [3.63, 3.8) is 0 Å². The Morgan fingerprint density at radius 3 is 1.25 bits per heavy atom. The molecule has 0 spiro atoms. The molecule has 0 aliphatic heterocycles. The van der Waals surface area contributed by atoms with Crippen molar-refractivity contribution in [2.75, 3.05) is 79.0 Å². The van der Waals surface area contributed by atoms with Crippen molar-refractivity contribution in [3.05, 3.63) is 35.4 Å². The fourth-order valence-corrected chi connectivity index (χ4v) is 2.34. The van der Waals surface area contributed by atoms with Crippen LogP contribution in [0.4, 0.5) is 0 Å². The van der Waals surface area contributed by atoms with Gasteiger partial charge in [-0.15, -0.1) is 0 Å². The molecule has 0 atom stereocenters. The fraction of sp³-hybridized carbons (Fsp3) is 0.700. The Labute approximate surface area is 169 Å². The molecule has 0 aromatic heterocycles. The maximum atomic E-state index is 5.48. The lowest BCUT2D eigenvalue weighted by Gasteiger charge is -2.09. The van der Waals surface area contributed by atoms with Crippen molar-refractivity contribution in [3.8, 4) is 0 Å². The first-order chi connectivity index (χ1) is 13.9. The highest BCUT2D eigenvalue weighted by atomic mass is 16.5. The van der Waals surface area contributed by atoms with Gasteiger partial charge in [-0.3, -0.25) is 0 Å². The second-order valence-electron chi connectivity index (χ2n) is 6.20. The molecule has 0 heterocycles. The van der Waals surface area contributed by atoms with Crippen LogP contribution in [0.3, 0.4) is 0 Å². The third-order valence-electron chi connectivity index (χ3n) is 3.80. The molecular formula is C20H38N4O4. The zero-order chi connectivity index (χ0) is 20.1. The predicted octanol–water partition coefficient (Wildman–Crippen LogP) is -0.150. The van der Waals surface area contributed by atoms with Crippen LogP contribution in [-0.2, 0) is 32.0 Å². The Morgan fingerprint density at radius 2 is 0.893 bits per heavy atom. The maximum Gasteiger partial charge on any atom is 0.0701 e. The molecule has 28 heavy (non-hydrogen) atoms. The van der Waals surface area contributed by atoms with Crippen LogP contribution in [-0.4, -0.2) is 79.0 Å². The first-order valence-corrected chi connectivity index (χ1v) is 10.1. The van der Waals surface area contributed by atoms with Gasteiger partial charge < -0.3 is 41.0 Å². The number of hydrogen-bond acceptors (Lipinski definition) is 8. The number of nitrogens with two attached hydrogens (primary N) is 2. The molecule has 1 aromatic carbocycles. The molecule has 1 aromatic rings. The van der Waals surface area contributed by atoms with Crippen molar-refractivity contribution in [2.24, 2.45) is 11.5 Å². The molecular weight excluding hydrogens is 360 g/mol. The standard InChI is InChI=1S/C20H38N4O4/c21-5-9-25-13-15-27-11-7-23-17-19-1-2-20(4-3-19)18-24-8-12-28-16-14-26-10-6-22/h1-4,23-24H,5-18,21-22H2. The van der Waals surface area contributed by atoms with Crippen LogP contribution in [0.15, 0.2) is 24.3 Å². The van der Waals surface area contributed by atoms with Crippen LogP contribution in [0.25, 0.3) is 0 Å². The van der Waals surface area contributed by atoms with E-state index in [-0.39, 0.29) is 0 Å². The van der Waals surface area contributed by atoms with Crippen LogP contribution < -0.4 is 22.1 Å². The number of ether oxygens (including phenoxy) is 4. The van der Waals surface area contributed by atoms with Gasteiger partial charge in [0, 0.05) is 39.3 Å². The first kappa shape index (κ1) is 24.9. The van der Waals surface area contributed by atoms with E-state index in [4.69, 9.17) is 30.4 Å². The van der Waals surface area contributed by atoms with E-state index >= 15 is 0 Å². The minimum absolute atomic E-state index is 0.552. The number of rotatable bonds is 20. The fourth-order valence-electron chi connectivity index (χ4n) is 2.34. The number of benzene rings is 1. The largest absolute Gasteiger partial charge is 0.378 e. The lowest BCUT2D eigenvalue weighted by molar-refractivity contribution is 0.0518. The van der Waals surface area contributed by atoms with Crippen LogP contribution >= 0.6 is 0 Å². The Balaban J connectivity index is 1.94. The molecule has 0 fully saturated rings. The molecule has 8 heteroatoms. The maximum absolute atomic E-state index is 5.48. The molecule has 8 nitrogen and oxygen atoms in total. The molecule has 0 radical (unpaired) electrons. The highest BCUT2D eigenvalue weighted by molar-refractivity contribution is 5.22. The first-order valence-electron chi connectivity index (χ1n) is 10.1. The average Bonchev–Trinajstić information content (AvgIpc) is 2.72. The van der Waals surface area contributed by atoms with Crippen molar-refractivity contribution in [1.82, 2.24) is 10.6 Å². The molecule has 0 bridgehead atoms. The zero-order valence-corrected chi connectivity index (χ0v) is 17.0. The van der Waals surface area contributed by atoms with E-state index in [1.165, 1.54) is 11.1 Å². The molecule has 0 amide bonds. The lowest BCUT2D eigenvalue weighted by atomic mass is 10.1. The summed E-state index contributed by atoms with van der Waals surface area (Å²) in [6.07, 6.45) is 0. The normalized spacial score (nSPS) is 11.2. The number of nitrogens with one attached hydrogen (secondary N) is 2. The van der Waals surface area contributed by atoms with E-state index in [9.17, 15) is 0 Å². The molecule has 0 unspecified atom stereocenters. The third-order valence-corrected chi connectivity index (χ3v) is 3.80. The summed E-state index contributed by atoms with van der Waals surface area (Å²) in [5, 5.41) is 6.75. The molecule has 0 aliphatic carbocycles. The summed E-state index contributed by atoms with van der Waals surface area (Å²) in [6.45, 7) is 9.35. The highest BCUT2D eigenvalue weighted by Crippen LogP contribution is 2.04. The van der Waals surface area contributed by atoms with E-state index in [1.807, 2.05) is 0 Å². The zero-order valence-electron chi connectivity index (χ0n) is 17.0. The third kappa shape index (κ3) is 14.9. The molecule has 162 valence electrons. The van der Waals surface area contributed by atoms with E-state index in [0.29, 0.717) is 65.9 Å². The van der Waals surface area contributed by atoms with Gasteiger partial charge in [0.05, 0.1) is 52.9 Å². The van der Waals surface area contributed by atoms with Gasteiger partial charge in [-0.1, -0.05) is 24.3 Å². The Kier molecular flexibility index (Phi) is 17.1. The molecule has 6 N–H and O–H groups in total. The van der Waals surface area contributed by atoms with Gasteiger partial charge in [0.15, 0.2) is 0 Å². The summed E-state index contributed by atoms with van der Waals surface area (Å²) in [5.41, 5.74) is 13.2. The average molecular weight is 399 g/mol. The quantitative estimate of drug-likeness (QED) is 0.224. The van der Waals surface area contributed by atoms with Crippen LogP contribution in [0.5, 0.6) is 0 Å². The van der Waals surface area contributed by atoms with Crippen molar-refractivity contribution in [1.29, 1.82) is 0 Å². The SMILES string of the molecule is NCCOCCOCCNCc1ccc(CNCCOCCOCCN)cc1. The minimum Gasteiger partial charge on any atom is -0.378 e. The summed E-state index contributed by atoms with van der Waals surface area (Å²) in [4.78, 5) is 0. The van der Waals surface area contributed by atoms with Gasteiger partial charge in [0.25, 0.3) is 0 Å². The van der Waals surface area contributed by atoms with Crippen molar-refractivity contribution in [2.45, 2.75) is 13.1 Å². The summed E-state index contributed by atoms with van der Waals surface area (Å²) in [5.74, 6) is 0.